The fourth-order valence-electron chi connectivity index (χ4n) is 3.05. The van der Waals surface area contributed by atoms with Crippen molar-refractivity contribution in [3.05, 3.63) is 54.1 Å². The average molecular weight is 426 g/mol. The van der Waals surface area contributed by atoms with Crippen LogP contribution in [0.5, 0.6) is 5.75 Å². The first-order chi connectivity index (χ1) is 14.6. The van der Waals surface area contributed by atoms with E-state index in [0.29, 0.717) is 17.1 Å². The number of esters is 1. The van der Waals surface area contributed by atoms with E-state index in [1.807, 2.05) is 30.3 Å². The molecule has 1 unspecified atom stereocenters. The maximum atomic E-state index is 12.6. The van der Waals surface area contributed by atoms with E-state index >= 15 is 0 Å². The number of anilines is 2. The van der Waals surface area contributed by atoms with Crippen LogP contribution in [0.4, 0.5) is 16.2 Å². The van der Waals surface area contributed by atoms with E-state index in [9.17, 15) is 14.4 Å². The number of amides is 2. The first kappa shape index (κ1) is 22.1. The summed E-state index contributed by atoms with van der Waals surface area (Å²) in [6.07, 6.45) is -0.627. The molecule has 0 fully saturated rings. The van der Waals surface area contributed by atoms with Gasteiger partial charge in [0, 0.05) is 5.69 Å². The monoisotopic (exact) mass is 426 g/mol. The van der Waals surface area contributed by atoms with Gasteiger partial charge in [-0.2, -0.15) is 0 Å². The van der Waals surface area contributed by atoms with E-state index < -0.39 is 23.7 Å². The molecule has 1 aliphatic heterocycles. The van der Waals surface area contributed by atoms with Crippen LogP contribution in [0.25, 0.3) is 0 Å². The van der Waals surface area contributed by atoms with Crippen molar-refractivity contribution < 1.29 is 28.6 Å². The van der Waals surface area contributed by atoms with Crippen LogP contribution in [0.3, 0.4) is 0 Å². The number of carbonyl (C=O) groups excluding carboxylic acids is 3. The van der Waals surface area contributed by atoms with Crippen molar-refractivity contribution in [1.29, 1.82) is 0 Å². The summed E-state index contributed by atoms with van der Waals surface area (Å²) in [5, 5.41) is 2.63. The minimum Gasteiger partial charge on any atom is -0.482 e. The molecule has 0 bridgehead atoms. The molecule has 3 rings (SSSR count). The molecule has 1 heterocycles. The number of nitrogens with zero attached hydrogens (tertiary/aromatic N) is 1. The quantitative estimate of drug-likeness (QED) is 0.729. The lowest BCUT2D eigenvalue weighted by atomic mass is 10.1. The lowest BCUT2D eigenvalue weighted by Gasteiger charge is -2.33. The number of rotatable bonds is 5. The predicted molar refractivity (Wildman–Crippen MR) is 115 cm³/mol. The summed E-state index contributed by atoms with van der Waals surface area (Å²) in [5.74, 6) is -0.501. The van der Waals surface area contributed by atoms with Crippen molar-refractivity contribution >= 4 is 29.3 Å². The topological polar surface area (TPSA) is 94.2 Å². The minimum absolute atomic E-state index is 0.107. The Kier molecular flexibility index (Phi) is 6.48. The predicted octanol–water partition coefficient (Wildman–Crippen LogP) is 3.89. The first-order valence-electron chi connectivity index (χ1n) is 9.93. The number of fused-ring (bicyclic) bond motifs is 1. The second-order valence-corrected chi connectivity index (χ2v) is 8.13. The van der Waals surface area contributed by atoms with Crippen LogP contribution >= 0.6 is 0 Å². The molecule has 2 aromatic rings. The van der Waals surface area contributed by atoms with Crippen molar-refractivity contribution in [2.45, 2.75) is 45.9 Å². The van der Waals surface area contributed by atoms with Gasteiger partial charge >= 0.3 is 12.1 Å². The molecule has 1 aliphatic rings. The van der Waals surface area contributed by atoms with Crippen molar-refractivity contribution in [3.8, 4) is 5.75 Å². The number of benzene rings is 2. The summed E-state index contributed by atoms with van der Waals surface area (Å²) in [6, 6.07) is 13.2. The highest BCUT2D eigenvalue weighted by Gasteiger charge is 2.34. The Balaban J connectivity index is 1.76. The molecule has 0 spiro atoms. The highest BCUT2D eigenvalue weighted by molar-refractivity contribution is 6.03. The summed E-state index contributed by atoms with van der Waals surface area (Å²) >= 11 is 0. The normalized spacial score (nSPS) is 14.2. The third-order valence-corrected chi connectivity index (χ3v) is 4.44. The molecule has 1 atom stereocenters. The van der Waals surface area contributed by atoms with Crippen molar-refractivity contribution in [1.82, 2.24) is 0 Å². The van der Waals surface area contributed by atoms with Crippen LogP contribution in [0.1, 0.15) is 33.3 Å². The fourth-order valence-corrected chi connectivity index (χ4v) is 3.05. The molecule has 0 aliphatic carbocycles. The van der Waals surface area contributed by atoms with Crippen molar-refractivity contribution in [2.24, 2.45) is 0 Å². The van der Waals surface area contributed by atoms with E-state index in [-0.39, 0.29) is 19.1 Å². The van der Waals surface area contributed by atoms with Gasteiger partial charge < -0.3 is 14.2 Å². The Morgan fingerprint density at radius 1 is 1.16 bits per heavy atom. The van der Waals surface area contributed by atoms with Gasteiger partial charge in [-0.3, -0.25) is 15.0 Å². The van der Waals surface area contributed by atoms with E-state index in [1.54, 1.807) is 45.9 Å². The zero-order valence-corrected chi connectivity index (χ0v) is 18.0. The second-order valence-electron chi connectivity index (χ2n) is 8.13. The molecule has 2 aromatic carbocycles. The standard InChI is InChI=1S/C23H26N2O6/c1-15(21(27)30-13-16-8-6-5-7-9-16)25-18-12-17(24-22(28)31-23(2,3)4)10-11-19(18)29-14-20(25)26/h5-12,15H,13-14H2,1-4H3,(H,24,28). The number of hydrogen-bond donors (Lipinski definition) is 1. The number of ether oxygens (including phenoxy) is 3. The zero-order valence-electron chi connectivity index (χ0n) is 18.0. The summed E-state index contributed by atoms with van der Waals surface area (Å²) in [5.41, 5.74) is 0.969. The molecule has 0 aromatic heterocycles. The second kappa shape index (κ2) is 9.07. The summed E-state index contributed by atoms with van der Waals surface area (Å²) < 4.78 is 16.1. The number of nitrogens with one attached hydrogen (secondary N) is 1. The molecule has 2 amide bonds. The van der Waals surface area contributed by atoms with Crippen LogP contribution in [0.2, 0.25) is 0 Å². The van der Waals surface area contributed by atoms with Crippen LogP contribution in [-0.2, 0) is 25.7 Å². The molecule has 8 heteroatoms. The maximum absolute atomic E-state index is 12.6. The molecular formula is C23H26N2O6. The summed E-state index contributed by atoms with van der Waals surface area (Å²) in [6.45, 7) is 6.79. The van der Waals surface area contributed by atoms with Gasteiger partial charge in [0.1, 0.15) is 24.0 Å². The first-order valence-corrected chi connectivity index (χ1v) is 9.93. The lowest BCUT2D eigenvalue weighted by Crippen LogP contribution is -2.48. The Labute approximate surface area is 181 Å². The number of hydrogen-bond acceptors (Lipinski definition) is 6. The van der Waals surface area contributed by atoms with Gasteiger partial charge in [-0.05, 0) is 51.5 Å². The Hall–Kier alpha value is -3.55. The third kappa shape index (κ3) is 5.75. The Bertz CT molecular complexity index is 968. The van der Waals surface area contributed by atoms with Crippen LogP contribution in [0, 0.1) is 0 Å². The van der Waals surface area contributed by atoms with Gasteiger partial charge in [-0.1, -0.05) is 30.3 Å². The van der Waals surface area contributed by atoms with Gasteiger partial charge in [0.15, 0.2) is 6.61 Å². The minimum atomic E-state index is -0.879. The number of carbonyl (C=O) groups is 3. The third-order valence-electron chi connectivity index (χ3n) is 4.44. The summed E-state index contributed by atoms with van der Waals surface area (Å²) in [4.78, 5) is 38.6. The van der Waals surface area contributed by atoms with Gasteiger partial charge in [-0.25, -0.2) is 9.59 Å². The van der Waals surface area contributed by atoms with E-state index in [4.69, 9.17) is 14.2 Å². The van der Waals surface area contributed by atoms with Crippen LogP contribution in [0.15, 0.2) is 48.5 Å². The highest BCUT2D eigenvalue weighted by Crippen LogP contribution is 2.36. The van der Waals surface area contributed by atoms with Crippen molar-refractivity contribution in [2.75, 3.05) is 16.8 Å². The average Bonchev–Trinajstić information content (AvgIpc) is 2.70. The van der Waals surface area contributed by atoms with Crippen LogP contribution in [-0.4, -0.2) is 36.2 Å². The summed E-state index contributed by atoms with van der Waals surface area (Å²) in [7, 11) is 0. The van der Waals surface area contributed by atoms with Gasteiger partial charge in [0.05, 0.1) is 5.69 Å². The molecule has 0 saturated heterocycles. The fraction of sp³-hybridized carbons (Fsp3) is 0.348. The Morgan fingerprint density at radius 2 is 1.87 bits per heavy atom. The lowest BCUT2D eigenvalue weighted by molar-refractivity contribution is -0.147. The zero-order chi connectivity index (χ0) is 22.6. The molecular weight excluding hydrogens is 400 g/mol. The van der Waals surface area contributed by atoms with E-state index in [1.165, 1.54) is 4.90 Å². The van der Waals surface area contributed by atoms with Gasteiger partial charge in [0.25, 0.3) is 5.91 Å². The van der Waals surface area contributed by atoms with E-state index in [0.717, 1.165) is 5.56 Å². The maximum Gasteiger partial charge on any atom is 0.412 e. The smallest absolute Gasteiger partial charge is 0.412 e. The van der Waals surface area contributed by atoms with E-state index in [2.05, 4.69) is 5.32 Å². The molecule has 8 nitrogen and oxygen atoms in total. The molecule has 0 radical (unpaired) electrons. The SMILES string of the molecule is CC(C(=O)OCc1ccccc1)N1C(=O)COc2ccc(NC(=O)OC(C)(C)C)cc21. The molecule has 31 heavy (non-hydrogen) atoms. The molecule has 1 N–H and O–H groups in total. The molecule has 164 valence electrons. The molecule has 0 saturated carbocycles. The Morgan fingerprint density at radius 3 is 2.55 bits per heavy atom. The van der Waals surface area contributed by atoms with Gasteiger partial charge in [0.2, 0.25) is 0 Å². The largest absolute Gasteiger partial charge is 0.482 e. The highest BCUT2D eigenvalue weighted by atomic mass is 16.6. The van der Waals surface area contributed by atoms with Crippen molar-refractivity contribution in [3.63, 3.8) is 0 Å². The van der Waals surface area contributed by atoms with Crippen LogP contribution < -0.4 is 15.0 Å². The van der Waals surface area contributed by atoms with Gasteiger partial charge in [-0.15, -0.1) is 0 Å².